The molecule has 0 spiro atoms. The molecule has 1 aromatic carbocycles. The Morgan fingerprint density at radius 2 is 1.92 bits per heavy atom. The molecule has 24 heavy (non-hydrogen) atoms. The van der Waals surface area contributed by atoms with Crippen molar-refractivity contribution in [1.29, 1.82) is 0 Å². The number of carbonyl (C=O) groups excluding carboxylic acids is 1. The van der Waals surface area contributed by atoms with Crippen LogP contribution in [-0.4, -0.2) is 74.0 Å². The fourth-order valence-corrected chi connectivity index (χ4v) is 3.57. The fraction of sp³-hybridized carbons (Fsp3) is 0.562. The van der Waals surface area contributed by atoms with E-state index in [0.717, 1.165) is 5.56 Å². The van der Waals surface area contributed by atoms with Crippen molar-refractivity contribution in [3.05, 3.63) is 35.6 Å². The van der Waals surface area contributed by atoms with E-state index < -0.39 is 10.0 Å². The van der Waals surface area contributed by atoms with Crippen LogP contribution in [0.15, 0.2) is 24.3 Å². The molecular formula is C16H24FN3O3S. The van der Waals surface area contributed by atoms with Crippen molar-refractivity contribution >= 4 is 15.9 Å². The summed E-state index contributed by atoms with van der Waals surface area (Å²) >= 11 is 0. The summed E-state index contributed by atoms with van der Waals surface area (Å²) in [5, 5.41) is 0. The van der Waals surface area contributed by atoms with Crippen LogP contribution in [0.2, 0.25) is 0 Å². The highest BCUT2D eigenvalue weighted by Gasteiger charge is 2.25. The Bertz CT molecular complexity index is 673. The van der Waals surface area contributed by atoms with E-state index in [1.54, 1.807) is 17.0 Å². The number of hydrogen-bond acceptors (Lipinski definition) is 4. The van der Waals surface area contributed by atoms with Gasteiger partial charge in [0.1, 0.15) is 5.82 Å². The van der Waals surface area contributed by atoms with Crippen LogP contribution in [0.25, 0.3) is 0 Å². The Hall–Kier alpha value is -1.51. The SMILES string of the molecule is CCN(Cc1cccc(F)c1)C(=O)CN1CCN(S(C)(=O)=O)CC1. The third kappa shape index (κ3) is 5.25. The van der Waals surface area contributed by atoms with E-state index in [0.29, 0.717) is 39.3 Å². The van der Waals surface area contributed by atoms with Gasteiger partial charge in [-0.3, -0.25) is 9.69 Å². The monoisotopic (exact) mass is 357 g/mol. The van der Waals surface area contributed by atoms with E-state index in [1.807, 2.05) is 11.8 Å². The molecule has 0 radical (unpaired) electrons. The summed E-state index contributed by atoms with van der Waals surface area (Å²) in [7, 11) is -3.17. The molecule has 1 amide bonds. The van der Waals surface area contributed by atoms with E-state index in [-0.39, 0.29) is 18.3 Å². The minimum atomic E-state index is -3.17. The molecule has 0 N–H and O–H groups in total. The third-order valence-electron chi connectivity index (χ3n) is 4.16. The Labute approximate surface area is 142 Å². The molecule has 0 bridgehead atoms. The highest BCUT2D eigenvalue weighted by atomic mass is 32.2. The van der Waals surface area contributed by atoms with Gasteiger partial charge in [-0.2, -0.15) is 4.31 Å². The zero-order valence-electron chi connectivity index (χ0n) is 14.1. The smallest absolute Gasteiger partial charge is 0.237 e. The lowest BCUT2D eigenvalue weighted by Gasteiger charge is -2.34. The molecule has 0 atom stereocenters. The quantitative estimate of drug-likeness (QED) is 0.754. The van der Waals surface area contributed by atoms with E-state index in [1.165, 1.54) is 22.7 Å². The minimum absolute atomic E-state index is 0.0328. The topological polar surface area (TPSA) is 60.9 Å². The van der Waals surface area contributed by atoms with Crippen LogP contribution in [0.3, 0.4) is 0 Å². The van der Waals surface area contributed by atoms with Gasteiger partial charge < -0.3 is 4.90 Å². The van der Waals surface area contributed by atoms with Crippen LogP contribution in [0, 0.1) is 5.82 Å². The van der Waals surface area contributed by atoms with Crippen molar-refractivity contribution in [2.24, 2.45) is 0 Å². The molecule has 1 fully saturated rings. The Balaban J connectivity index is 1.89. The summed E-state index contributed by atoms with van der Waals surface area (Å²) in [5.41, 5.74) is 0.757. The molecule has 0 aliphatic carbocycles. The molecule has 1 saturated heterocycles. The average molecular weight is 357 g/mol. The third-order valence-corrected chi connectivity index (χ3v) is 5.46. The van der Waals surface area contributed by atoms with Crippen molar-refractivity contribution in [3.63, 3.8) is 0 Å². The first kappa shape index (κ1) is 18.8. The summed E-state index contributed by atoms with van der Waals surface area (Å²) in [4.78, 5) is 16.1. The van der Waals surface area contributed by atoms with Gasteiger partial charge in [-0.1, -0.05) is 12.1 Å². The molecule has 1 heterocycles. The van der Waals surface area contributed by atoms with Crippen LogP contribution in [0.4, 0.5) is 4.39 Å². The van der Waals surface area contributed by atoms with Gasteiger partial charge >= 0.3 is 0 Å². The van der Waals surface area contributed by atoms with Crippen LogP contribution >= 0.6 is 0 Å². The number of piperazine rings is 1. The highest BCUT2D eigenvalue weighted by Crippen LogP contribution is 2.10. The second kappa shape index (κ2) is 8.04. The van der Waals surface area contributed by atoms with Gasteiger partial charge in [0.2, 0.25) is 15.9 Å². The van der Waals surface area contributed by atoms with Crippen LogP contribution in [-0.2, 0) is 21.4 Å². The normalized spacial score (nSPS) is 17.0. The van der Waals surface area contributed by atoms with Crippen LogP contribution in [0.1, 0.15) is 12.5 Å². The number of carbonyl (C=O) groups is 1. The lowest BCUT2D eigenvalue weighted by molar-refractivity contribution is -0.133. The van der Waals surface area contributed by atoms with Gasteiger partial charge in [0.05, 0.1) is 12.8 Å². The summed E-state index contributed by atoms with van der Waals surface area (Å²) in [6.45, 7) is 4.94. The van der Waals surface area contributed by atoms with Gasteiger partial charge in [-0.25, -0.2) is 12.8 Å². The molecule has 1 aliphatic rings. The van der Waals surface area contributed by atoms with E-state index in [4.69, 9.17) is 0 Å². The maximum atomic E-state index is 13.3. The Morgan fingerprint density at radius 1 is 1.25 bits per heavy atom. The first-order valence-corrected chi connectivity index (χ1v) is 9.84. The summed E-state index contributed by atoms with van der Waals surface area (Å²) in [6, 6.07) is 6.24. The summed E-state index contributed by atoms with van der Waals surface area (Å²) < 4.78 is 37.7. The van der Waals surface area contributed by atoms with Gasteiger partial charge in [-0.15, -0.1) is 0 Å². The van der Waals surface area contributed by atoms with E-state index in [2.05, 4.69) is 0 Å². The minimum Gasteiger partial charge on any atom is -0.338 e. The van der Waals surface area contributed by atoms with E-state index >= 15 is 0 Å². The maximum Gasteiger partial charge on any atom is 0.237 e. The number of hydrogen-bond donors (Lipinski definition) is 0. The lowest BCUT2D eigenvalue weighted by atomic mass is 10.2. The van der Waals surface area contributed by atoms with Crippen molar-refractivity contribution < 1.29 is 17.6 Å². The van der Waals surface area contributed by atoms with Gasteiger partial charge in [0.25, 0.3) is 0 Å². The van der Waals surface area contributed by atoms with E-state index in [9.17, 15) is 17.6 Å². The highest BCUT2D eigenvalue weighted by molar-refractivity contribution is 7.88. The number of sulfonamides is 1. The van der Waals surface area contributed by atoms with Crippen molar-refractivity contribution in [2.45, 2.75) is 13.5 Å². The average Bonchev–Trinajstić information content (AvgIpc) is 2.52. The number of benzene rings is 1. The lowest BCUT2D eigenvalue weighted by Crippen LogP contribution is -2.51. The first-order chi connectivity index (χ1) is 11.3. The van der Waals surface area contributed by atoms with Gasteiger partial charge in [0, 0.05) is 39.3 Å². The Kier molecular flexibility index (Phi) is 6.31. The standard InChI is InChI=1S/C16H24FN3O3S/c1-3-19(12-14-5-4-6-15(17)11-14)16(21)13-18-7-9-20(10-8-18)24(2,22)23/h4-6,11H,3,7-10,12-13H2,1-2H3. The number of nitrogens with zero attached hydrogens (tertiary/aromatic N) is 3. The second-order valence-electron chi connectivity index (χ2n) is 5.98. The molecular weight excluding hydrogens is 333 g/mol. The fourth-order valence-electron chi connectivity index (χ4n) is 2.74. The molecule has 134 valence electrons. The van der Waals surface area contributed by atoms with Crippen LogP contribution < -0.4 is 0 Å². The zero-order valence-corrected chi connectivity index (χ0v) is 14.9. The summed E-state index contributed by atoms with van der Waals surface area (Å²) in [6.07, 6.45) is 1.20. The maximum absolute atomic E-state index is 13.3. The molecule has 0 aromatic heterocycles. The van der Waals surface area contributed by atoms with Crippen molar-refractivity contribution in [1.82, 2.24) is 14.1 Å². The molecule has 1 aromatic rings. The van der Waals surface area contributed by atoms with Crippen molar-refractivity contribution in [3.8, 4) is 0 Å². The second-order valence-corrected chi connectivity index (χ2v) is 7.96. The van der Waals surface area contributed by atoms with Crippen LogP contribution in [0.5, 0.6) is 0 Å². The molecule has 2 rings (SSSR count). The largest absolute Gasteiger partial charge is 0.338 e. The molecule has 6 nitrogen and oxygen atoms in total. The number of likely N-dealkylation sites (N-methyl/N-ethyl adjacent to an activating group) is 1. The molecule has 8 heteroatoms. The van der Waals surface area contributed by atoms with Gasteiger partial charge in [-0.05, 0) is 24.6 Å². The number of halogens is 1. The van der Waals surface area contributed by atoms with Gasteiger partial charge in [0.15, 0.2) is 0 Å². The summed E-state index contributed by atoms with van der Waals surface area (Å²) in [5.74, 6) is -0.345. The number of amides is 1. The van der Waals surface area contributed by atoms with Crippen molar-refractivity contribution in [2.75, 3.05) is 45.5 Å². The molecule has 0 saturated carbocycles. The predicted octanol–water partition coefficient (Wildman–Crippen LogP) is 0.751. The molecule has 1 aliphatic heterocycles. The zero-order chi connectivity index (χ0) is 17.7. The first-order valence-electron chi connectivity index (χ1n) is 7.99. The number of rotatable bonds is 6. The Morgan fingerprint density at radius 3 is 2.46 bits per heavy atom. The predicted molar refractivity (Wildman–Crippen MR) is 90.3 cm³/mol. The molecule has 0 unspecified atom stereocenters.